The minimum Gasteiger partial charge on any atom is -0.351 e. The molecule has 3 aromatic rings. The molecule has 7 nitrogen and oxygen atoms in total. The van der Waals surface area contributed by atoms with E-state index in [1.165, 1.54) is 28.0 Å². The summed E-state index contributed by atoms with van der Waals surface area (Å²) in [4.78, 5) is 22.2. The van der Waals surface area contributed by atoms with Crippen molar-refractivity contribution in [2.45, 2.75) is 25.7 Å². The standard InChI is InChI=1S/C24H30N4O3S2/c1-4-33(30,31)20-7-5-19(6-8-20)23(29)25-9-10-27-11-13-28(14-12-27)24-26-22-18(3)15-17(2)16-21(22)32-24/h5-8,15-16H,4,9-14H2,1-3H3,(H,25,29). The molecule has 0 unspecified atom stereocenters. The van der Waals surface area contributed by atoms with Crippen molar-refractivity contribution < 1.29 is 13.2 Å². The van der Waals surface area contributed by atoms with Crippen LogP contribution in [0.3, 0.4) is 0 Å². The second kappa shape index (κ2) is 9.79. The van der Waals surface area contributed by atoms with E-state index in [0.29, 0.717) is 12.1 Å². The van der Waals surface area contributed by atoms with Crippen LogP contribution in [0, 0.1) is 13.8 Å². The first-order chi connectivity index (χ1) is 15.8. The van der Waals surface area contributed by atoms with Gasteiger partial charge in [-0.05, 0) is 55.3 Å². The molecule has 9 heteroatoms. The summed E-state index contributed by atoms with van der Waals surface area (Å²) in [6.45, 7) is 10.9. The largest absolute Gasteiger partial charge is 0.351 e. The van der Waals surface area contributed by atoms with Crippen molar-refractivity contribution in [2.24, 2.45) is 0 Å². The highest BCUT2D eigenvalue weighted by atomic mass is 32.2. The highest BCUT2D eigenvalue weighted by Crippen LogP contribution is 2.32. The molecule has 1 saturated heterocycles. The molecule has 176 valence electrons. The predicted octanol–water partition coefficient (Wildman–Crippen LogP) is 3.26. The lowest BCUT2D eigenvalue weighted by molar-refractivity contribution is 0.0947. The van der Waals surface area contributed by atoms with Gasteiger partial charge in [0.1, 0.15) is 0 Å². The Bertz CT molecular complexity index is 1240. The zero-order chi connectivity index (χ0) is 23.6. The molecule has 1 aromatic heterocycles. The number of hydrogen-bond acceptors (Lipinski definition) is 7. The SMILES string of the molecule is CCS(=O)(=O)c1ccc(C(=O)NCCN2CCN(c3nc4c(C)cc(C)cc4s3)CC2)cc1. The van der Waals surface area contributed by atoms with Crippen LogP contribution in [0.5, 0.6) is 0 Å². The number of piperazine rings is 1. The maximum Gasteiger partial charge on any atom is 0.251 e. The second-order valence-electron chi connectivity index (χ2n) is 8.44. The molecule has 33 heavy (non-hydrogen) atoms. The molecule has 1 aliphatic heterocycles. The number of sulfone groups is 1. The van der Waals surface area contributed by atoms with E-state index in [1.54, 1.807) is 30.4 Å². The van der Waals surface area contributed by atoms with Gasteiger partial charge in [-0.3, -0.25) is 9.69 Å². The van der Waals surface area contributed by atoms with E-state index in [-0.39, 0.29) is 16.6 Å². The average Bonchev–Trinajstić information content (AvgIpc) is 3.24. The van der Waals surface area contributed by atoms with E-state index < -0.39 is 9.84 Å². The van der Waals surface area contributed by atoms with Crippen LogP contribution in [0.4, 0.5) is 5.13 Å². The minimum atomic E-state index is -3.25. The molecule has 0 atom stereocenters. The number of hydrogen-bond donors (Lipinski definition) is 1. The third kappa shape index (κ3) is 5.37. The molecule has 0 spiro atoms. The van der Waals surface area contributed by atoms with Gasteiger partial charge in [0, 0.05) is 44.8 Å². The van der Waals surface area contributed by atoms with Crippen LogP contribution in [-0.4, -0.2) is 69.2 Å². The van der Waals surface area contributed by atoms with Crippen LogP contribution in [0.2, 0.25) is 0 Å². The maximum atomic E-state index is 12.4. The lowest BCUT2D eigenvalue weighted by Gasteiger charge is -2.34. The fourth-order valence-corrected chi connectivity index (χ4v) is 6.14. The van der Waals surface area contributed by atoms with Crippen LogP contribution in [0.15, 0.2) is 41.3 Å². The van der Waals surface area contributed by atoms with Gasteiger partial charge < -0.3 is 10.2 Å². The Hall–Kier alpha value is -2.49. The van der Waals surface area contributed by atoms with Crippen molar-refractivity contribution in [3.05, 3.63) is 53.1 Å². The first-order valence-electron chi connectivity index (χ1n) is 11.2. The molecule has 0 saturated carbocycles. The summed E-state index contributed by atoms with van der Waals surface area (Å²) in [5, 5.41) is 4.02. The quantitative estimate of drug-likeness (QED) is 0.552. The number of nitrogens with one attached hydrogen (secondary N) is 1. The Kier molecular flexibility index (Phi) is 7.02. The Balaban J connectivity index is 1.25. The van der Waals surface area contributed by atoms with Gasteiger partial charge in [-0.1, -0.05) is 24.3 Å². The van der Waals surface area contributed by atoms with E-state index in [0.717, 1.165) is 43.4 Å². The second-order valence-corrected chi connectivity index (χ2v) is 11.7. The first-order valence-corrected chi connectivity index (χ1v) is 13.7. The molecular weight excluding hydrogens is 456 g/mol. The topological polar surface area (TPSA) is 82.6 Å². The lowest BCUT2D eigenvalue weighted by Crippen LogP contribution is -2.48. The van der Waals surface area contributed by atoms with Gasteiger partial charge in [0.2, 0.25) is 0 Å². The lowest BCUT2D eigenvalue weighted by atomic mass is 10.1. The summed E-state index contributed by atoms with van der Waals surface area (Å²) in [5.74, 6) is -0.140. The molecule has 2 aromatic carbocycles. The first kappa shape index (κ1) is 23.7. The number of nitrogens with zero attached hydrogens (tertiary/aromatic N) is 3. The molecular formula is C24H30N4O3S2. The monoisotopic (exact) mass is 486 g/mol. The highest BCUT2D eigenvalue weighted by molar-refractivity contribution is 7.91. The third-order valence-corrected chi connectivity index (χ3v) is 8.84. The van der Waals surface area contributed by atoms with E-state index >= 15 is 0 Å². The van der Waals surface area contributed by atoms with Gasteiger partial charge in [0.15, 0.2) is 15.0 Å². The number of carbonyl (C=O) groups excluding carboxylic acids is 1. The van der Waals surface area contributed by atoms with E-state index in [4.69, 9.17) is 4.98 Å². The molecule has 1 N–H and O–H groups in total. The fraction of sp³-hybridized carbons (Fsp3) is 0.417. The van der Waals surface area contributed by atoms with Crippen molar-refractivity contribution in [1.29, 1.82) is 0 Å². The van der Waals surface area contributed by atoms with Crippen molar-refractivity contribution in [3.63, 3.8) is 0 Å². The summed E-state index contributed by atoms with van der Waals surface area (Å²) >= 11 is 1.76. The van der Waals surface area contributed by atoms with Crippen molar-refractivity contribution in [1.82, 2.24) is 15.2 Å². The Morgan fingerprint density at radius 1 is 1.09 bits per heavy atom. The van der Waals surface area contributed by atoms with Crippen LogP contribution in [0.1, 0.15) is 28.4 Å². The number of amides is 1. The average molecular weight is 487 g/mol. The minimum absolute atomic E-state index is 0.0457. The van der Waals surface area contributed by atoms with Gasteiger partial charge in [0.25, 0.3) is 5.91 Å². The summed E-state index contributed by atoms with van der Waals surface area (Å²) in [7, 11) is -3.25. The van der Waals surface area contributed by atoms with Gasteiger partial charge >= 0.3 is 0 Å². The molecule has 1 aliphatic rings. The van der Waals surface area contributed by atoms with Gasteiger partial charge in [0.05, 0.1) is 20.9 Å². The molecule has 4 rings (SSSR count). The van der Waals surface area contributed by atoms with Crippen LogP contribution in [-0.2, 0) is 9.84 Å². The van der Waals surface area contributed by atoms with E-state index in [2.05, 4.69) is 41.1 Å². The number of anilines is 1. The number of fused-ring (bicyclic) bond motifs is 1. The number of aromatic nitrogens is 1. The zero-order valence-corrected chi connectivity index (χ0v) is 20.9. The van der Waals surface area contributed by atoms with Crippen molar-refractivity contribution in [3.8, 4) is 0 Å². The summed E-state index contributed by atoms with van der Waals surface area (Å²) in [5.41, 5.74) is 4.06. The van der Waals surface area contributed by atoms with E-state index in [9.17, 15) is 13.2 Å². The van der Waals surface area contributed by atoms with E-state index in [1.807, 2.05) is 0 Å². The summed E-state index contributed by atoms with van der Waals surface area (Å²) < 4.78 is 25.1. The predicted molar refractivity (Wildman–Crippen MR) is 134 cm³/mol. The highest BCUT2D eigenvalue weighted by Gasteiger charge is 2.20. The third-order valence-electron chi connectivity index (χ3n) is 6.03. The smallest absolute Gasteiger partial charge is 0.251 e. The normalized spacial score (nSPS) is 15.2. The van der Waals surface area contributed by atoms with Crippen molar-refractivity contribution >= 4 is 42.4 Å². The zero-order valence-electron chi connectivity index (χ0n) is 19.3. The fourth-order valence-electron chi connectivity index (χ4n) is 4.07. The van der Waals surface area contributed by atoms with Gasteiger partial charge in [-0.2, -0.15) is 0 Å². The van der Waals surface area contributed by atoms with Gasteiger partial charge in [-0.15, -0.1) is 0 Å². The molecule has 0 radical (unpaired) electrons. The number of benzene rings is 2. The van der Waals surface area contributed by atoms with Crippen LogP contribution in [0.25, 0.3) is 10.2 Å². The molecule has 0 bridgehead atoms. The molecule has 0 aliphatic carbocycles. The van der Waals surface area contributed by atoms with Crippen LogP contribution < -0.4 is 10.2 Å². The number of rotatable bonds is 7. The van der Waals surface area contributed by atoms with Gasteiger partial charge in [-0.25, -0.2) is 13.4 Å². The summed E-state index contributed by atoms with van der Waals surface area (Å²) in [6, 6.07) is 10.5. The molecule has 1 fully saturated rings. The van der Waals surface area contributed by atoms with Crippen LogP contribution >= 0.6 is 11.3 Å². The number of carbonyl (C=O) groups is 1. The molecule has 2 heterocycles. The molecule has 1 amide bonds. The number of thiazole rings is 1. The number of aryl methyl sites for hydroxylation is 2. The Labute approximate surface area is 199 Å². The Morgan fingerprint density at radius 3 is 2.45 bits per heavy atom. The Morgan fingerprint density at radius 2 is 1.79 bits per heavy atom. The summed E-state index contributed by atoms with van der Waals surface area (Å²) in [6.07, 6.45) is 0. The maximum absolute atomic E-state index is 12.4. The van der Waals surface area contributed by atoms with Crippen molar-refractivity contribution in [2.75, 3.05) is 49.9 Å².